The Labute approximate surface area is 139 Å². The molecule has 2 heterocycles. The maximum Gasteiger partial charge on any atom is 0.287 e. The molecule has 0 aliphatic heterocycles. The Morgan fingerprint density at radius 2 is 2.25 bits per heavy atom. The number of aliphatic hydroxyl groups excluding tert-OH is 1. The number of benzene rings is 1. The molecular weight excluding hydrogens is 306 g/mol. The van der Waals surface area contributed by atoms with Crippen molar-refractivity contribution in [3.8, 4) is 0 Å². The summed E-state index contributed by atoms with van der Waals surface area (Å²) in [5.41, 5.74) is 0.688. The first-order chi connectivity index (χ1) is 11.7. The highest BCUT2D eigenvalue weighted by molar-refractivity contribution is 5.96. The van der Waals surface area contributed by atoms with Gasteiger partial charge in [-0.05, 0) is 30.9 Å². The molecule has 1 amide bonds. The van der Waals surface area contributed by atoms with Gasteiger partial charge in [0, 0.05) is 24.3 Å². The highest BCUT2D eigenvalue weighted by atomic mass is 16.3. The summed E-state index contributed by atoms with van der Waals surface area (Å²) in [6.45, 7) is 0.800. The zero-order valence-electron chi connectivity index (χ0n) is 13.1. The summed E-state index contributed by atoms with van der Waals surface area (Å²) in [6, 6.07) is 8.99. The van der Waals surface area contributed by atoms with Crippen LogP contribution < -0.4 is 5.32 Å². The molecule has 1 fully saturated rings. The largest absolute Gasteiger partial charge is 0.451 e. The zero-order chi connectivity index (χ0) is 16.5. The van der Waals surface area contributed by atoms with E-state index < -0.39 is 6.10 Å². The third-order valence-electron chi connectivity index (χ3n) is 4.62. The number of hydrogen-bond acceptors (Lipinski definition) is 4. The van der Waals surface area contributed by atoms with Crippen molar-refractivity contribution in [2.24, 2.45) is 5.92 Å². The lowest BCUT2D eigenvalue weighted by Gasteiger charge is -2.15. The number of para-hydroxylation sites is 1. The van der Waals surface area contributed by atoms with Crippen LogP contribution in [0.15, 0.2) is 53.5 Å². The van der Waals surface area contributed by atoms with E-state index in [0.717, 1.165) is 18.4 Å². The van der Waals surface area contributed by atoms with Gasteiger partial charge in [-0.3, -0.25) is 4.79 Å². The van der Waals surface area contributed by atoms with Gasteiger partial charge in [0.25, 0.3) is 5.91 Å². The van der Waals surface area contributed by atoms with E-state index in [4.69, 9.17) is 4.42 Å². The minimum absolute atomic E-state index is 0.251. The van der Waals surface area contributed by atoms with Crippen LogP contribution in [0.4, 0.5) is 0 Å². The molecule has 4 rings (SSSR count). The highest BCUT2D eigenvalue weighted by Gasteiger charge is 2.34. The summed E-state index contributed by atoms with van der Waals surface area (Å²) in [5, 5.41) is 14.1. The summed E-state index contributed by atoms with van der Waals surface area (Å²) < 4.78 is 7.58. The lowest BCUT2D eigenvalue weighted by molar-refractivity contribution is 0.0848. The molecule has 1 saturated carbocycles. The topological polar surface area (TPSA) is 80.3 Å². The highest BCUT2D eigenvalue weighted by Crippen LogP contribution is 2.28. The third kappa shape index (κ3) is 2.92. The molecule has 0 radical (unpaired) electrons. The van der Waals surface area contributed by atoms with Gasteiger partial charge in [0.1, 0.15) is 5.58 Å². The van der Waals surface area contributed by atoms with E-state index >= 15 is 0 Å². The molecule has 3 atom stereocenters. The van der Waals surface area contributed by atoms with Crippen LogP contribution in [0.25, 0.3) is 11.0 Å². The maximum atomic E-state index is 12.4. The molecule has 0 bridgehead atoms. The van der Waals surface area contributed by atoms with Crippen LogP contribution in [0, 0.1) is 5.92 Å². The predicted molar refractivity (Wildman–Crippen MR) is 88.4 cm³/mol. The number of imidazole rings is 1. The molecule has 1 aliphatic carbocycles. The van der Waals surface area contributed by atoms with Gasteiger partial charge in [-0.25, -0.2) is 4.98 Å². The summed E-state index contributed by atoms with van der Waals surface area (Å²) in [6.07, 6.45) is 6.30. The van der Waals surface area contributed by atoms with Gasteiger partial charge in [0.15, 0.2) is 5.76 Å². The average Bonchev–Trinajstić information content (AvgIpc) is 3.28. The average molecular weight is 325 g/mol. The van der Waals surface area contributed by atoms with Gasteiger partial charge < -0.3 is 19.4 Å². The van der Waals surface area contributed by atoms with Crippen LogP contribution in [-0.4, -0.2) is 32.7 Å². The summed E-state index contributed by atoms with van der Waals surface area (Å²) in [4.78, 5) is 16.4. The lowest BCUT2D eigenvalue weighted by atomic mass is 10.1. The number of rotatable bonds is 4. The molecule has 3 aromatic rings. The molecule has 2 N–H and O–H groups in total. The monoisotopic (exact) mass is 325 g/mol. The van der Waals surface area contributed by atoms with Crippen LogP contribution in [0.2, 0.25) is 0 Å². The Bertz CT molecular complexity index is 807. The molecular formula is C18H19N3O3. The van der Waals surface area contributed by atoms with Gasteiger partial charge in [0.05, 0.1) is 18.5 Å². The first kappa shape index (κ1) is 15.0. The normalized spacial score (nSPS) is 23.6. The molecule has 1 aliphatic rings. The summed E-state index contributed by atoms with van der Waals surface area (Å²) in [7, 11) is 0. The van der Waals surface area contributed by atoms with Crippen molar-refractivity contribution >= 4 is 16.9 Å². The summed E-state index contributed by atoms with van der Waals surface area (Å²) >= 11 is 0. The lowest BCUT2D eigenvalue weighted by Crippen LogP contribution is -2.39. The third-order valence-corrected chi connectivity index (χ3v) is 4.62. The number of furan rings is 1. The summed E-state index contributed by atoms with van der Waals surface area (Å²) in [5.74, 6) is 0.315. The van der Waals surface area contributed by atoms with Crippen molar-refractivity contribution in [3.05, 3.63) is 54.8 Å². The Balaban J connectivity index is 1.41. The molecule has 0 saturated heterocycles. The predicted octanol–water partition coefficient (Wildman–Crippen LogP) is 2.20. The van der Waals surface area contributed by atoms with Crippen LogP contribution >= 0.6 is 0 Å². The van der Waals surface area contributed by atoms with Crippen LogP contribution in [0.1, 0.15) is 23.4 Å². The Morgan fingerprint density at radius 3 is 3.04 bits per heavy atom. The number of carbonyl (C=O) groups is 1. The van der Waals surface area contributed by atoms with E-state index in [2.05, 4.69) is 10.3 Å². The Hall–Kier alpha value is -2.60. The van der Waals surface area contributed by atoms with Gasteiger partial charge in [-0.1, -0.05) is 18.2 Å². The van der Waals surface area contributed by atoms with E-state index in [-0.39, 0.29) is 17.7 Å². The number of nitrogens with one attached hydrogen (secondary N) is 1. The molecule has 124 valence electrons. The van der Waals surface area contributed by atoms with Crippen molar-refractivity contribution in [1.29, 1.82) is 0 Å². The number of amides is 1. The molecule has 0 spiro atoms. The first-order valence-electron chi connectivity index (χ1n) is 8.12. The zero-order valence-corrected chi connectivity index (χ0v) is 13.1. The van der Waals surface area contributed by atoms with Crippen molar-refractivity contribution in [2.45, 2.75) is 31.5 Å². The number of aromatic nitrogens is 2. The van der Waals surface area contributed by atoms with Crippen molar-refractivity contribution in [3.63, 3.8) is 0 Å². The van der Waals surface area contributed by atoms with Crippen molar-refractivity contribution in [2.75, 3.05) is 0 Å². The smallest absolute Gasteiger partial charge is 0.287 e. The second-order valence-corrected chi connectivity index (χ2v) is 6.39. The number of nitrogens with zero attached hydrogens (tertiary/aromatic N) is 2. The van der Waals surface area contributed by atoms with Crippen LogP contribution in [-0.2, 0) is 6.54 Å². The molecule has 1 unspecified atom stereocenters. The van der Waals surface area contributed by atoms with Crippen molar-refractivity contribution in [1.82, 2.24) is 14.9 Å². The molecule has 6 heteroatoms. The molecule has 6 nitrogen and oxygen atoms in total. The van der Waals surface area contributed by atoms with Gasteiger partial charge >= 0.3 is 0 Å². The van der Waals surface area contributed by atoms with Crippen LogP contribution in [0.3, 0.4) is 0 Å². The van der Waals surface area contributed by atoms with Gasteiger partial charge in [0.2, 0.25) is 0 Å². The fraction of sp³-hybridized carbons (Fsp3) is 0.333. The number of hydrogen-bond donors (Lipinski definition) is 2. The SMILES string of the molecule is O=C(N[C@@H]1CC(Cn2ccnc2)C[C@H]1O)c1cc2ccccc2o1. The molecule has 24 heavy (non-hydrogen) atoms. The van der Waals surface area contributed by atoms with E-state index in [9.17, 15) is 9.90 Å². The van der Waals surface area contributed by atoms with E-state index in [1.165, 1.54) is 0 Å². The van der Waals surface area contributed by atoms with Gasteiger partial charge in [-0.15, -0.1) is 0 Å². The quantitative estimate of drug-likeness (QED) is 0.770. The minimum Gasteiger partial charge on any atom is -0.451 e. The number of carbonyl (C=O) groups excluding carboxylic acids is 1. The van der Waals surface area contributed by atoms with E-state index in [1.54, 1.807) is 18.6 Å². The van der Waals surface area contributed by atoms with Crippen molar-refractivity contribution < 1.29 is 14.3 Å². The standard InChI is InChI=1S/C18H19N3O3/c22-15-8-12(10-21-6-5-19-11-21)7-14(15)20-18(23)17-9-13-3-1-2-4-16(13)24-17/h1-6,9,11-12,14-15,22H,7-8,10H2,(H,20,23)/t12?,14-,15-/m1/s1. The second kappa shape index (κ2) is 6.13. The minimum atomic E-state index is -0.535. The molecule has 1 aromatic carbocycles. The van der Waals surface area contributed by atoms with Crippen LogP contribution in [0.5, 0.6) is 0 Å². The second-order valence-electron chi connectivity index (χ2n) is 6.39. The Morgan fingerprint density at radius 1 is 1.38 bits per heavy atom. The molecule has 2 aromatic heterocycles. The Kier molecular flexibility index (Phi) is 3.82. The first-order valence-corrected chi connectivity index (χ1v) is 8.12. The fourth-order valence-corrected chi connectivity index (χ4v) is 3.45. The van der Waals surface area contributed by atoms with E-state index in [0.29, 0.717) is 17.9 Å². The number of aliphatic hydroxyl groups is 1. The van der Waals surface area contributed by atoms with Gasteiger partial charge in [-0.2, -0.15) is 0 Å². The number of fused-ring (bicyclic) bond motifs is 1. The fourth-order valence-electron chi connectivity index (χ4n) is 3.45. The maximum absolute atomic E-state index is 12.4. The van der Waals surface area contributed by atoms with E-state index in [1.807, 2.05) is 35.0 Å².